The van der Waals surface area contributed by atoms with E-state index in [0.717, 1.165) is 11.1 Å². The number of H-pyrrole nitrogens is 1. The fourth-order valence-electron chi connectivity index (χ4n) is 4.20. The molecule has 4 N–H and O–H groups in total. The molecule has 0 radical (unpaired) electrons. The summed E-state index contributed by atoms with van der Waals surface area (Å²) in [4.78, 5) is 28.2. The molecular formula is C26H22ClF3N4O7S2. The van der Waals surface area contributed by atoms with E-state index in [1.807, 2.05) is 29.0 Å². The SMILES string of the molecule is O=C(O)C(F)(F)F.O=C1CC(c2ccc(C[C@H](NS(=O)(=O)c3ccccc3Cl)c3nc4ccccc4[nH]3)cc2)S(=O)(=O)N1. The fraction of sp³-hybridized carbons (Fsp3) is 0.192. The normalized spacial score (nSPS) is 17.1. The number of sulfonamides is 2. The number of carbonyl (C=O) groups excluding carboxylic acids is 1. The van der Waals surface area contributed by atoms with E-state index in [-0.39, 0.29) is 22.8 Å². The highest BCUT2D eigenvalue weighted by atomic mass is 35.5. The topological polar surface area (TPSA) is 175 Å². The van der Waals surface area contributed by atoms with Gasteiger partial charge in [0.05, 0.1) is 28.5 Å². The first-order valence-corrected chi connectivity index (χ1v) is 15.6. The Hall–Kier alpha value is -3.99. The first kappa shape index (κ1) is 31.9. The summed E-state index contributed by atoms with van der Waals surface area (Å²) in [5, 5.41) is 6.27. The van der Waals surface area contributed by atoms with Gasteiger partial charge in [0, 0.05) is 0 Å². The number of fused-ring (bicyclic) bond motifs is 1. The molecule has 1 aliphatic rings. The molecule has 2 atom stereocenters. The van der Waals surface area contributed by atoms with Crippen molar-refractivity contribution >= 4 is 54.6 Å². The molecule has 4 aromatic rings. The van der Waals surface area contributed by atoms with Crippen LogP contribution in [0.3, 0.4) is 0 Å². The van der Waals surface area contributed by atoms with Crippen LogP contribution >= 0.6 is 11.6 Å². The van der Waals surface area contributed by atoms with Crippen LogP contribution in [0.4, 0.5) is 13.2 Å². The largest absolute Gasteiger partial charge is 0.490 e. The maximum Gasteiger partial charge on any atom is 0.490 e. The van der Waals surface area contributed by atoms with E-state index in [1.54, 1.807) is 36.4 Å². The Morgan fingerprint density at radius 2 is 1.67 bits per heavy atom. The van der Waals surface area contributed by atoms with Gasteiger partial charge in [-0.15, -0.1) is 0 Å². The Balaban J connectivity index is 0.000000541. The zero-order valence-electron chi connectivity index (χ0n) is 21.7. The first-order valence-electron chi connectivity index (χ1n) is 12.2. The van der Waals surface area contributed by atoms with Crippen LogP contribution in [0.2, 0.25) is 5.02 Å². The average molecular weight is 659 g/mol. The Kier molecular flexibility index (Phi) is 9.15. The third-order valence-electron chi connectivity index (χ3n) is 6.20. The molecule has 11 nitrogen and oxygen atoms in total. The summed E-state index contributed by atoms with van der Waals surface area (Å²) in [6, 6.07) is 19.4. The van der Waals surface area contributed by atoms with Crippen molar-refractivity contribution in [1.29, 1.82) is 0 Å². The van der Waals surface area contributed by atoms with Gasteiger partial charge in [-0.1, -0.05) is 60.1 Å². The van der Waals surface area contributed by atoms with Crippen LogP contribution < -0.4 is 9.44 Å². The number of benzene rings is 3. The number of alkyl halides is 3. The molecule has 5 rings (SSSR count). The van der Waals surface area contributed by atoms with E-state index in [9.17, 15) is 34.8 Å². The summed E-state index contributed by atoms with van der Waals surface area (Å²) >= 11 is 6.15. The molecule has 0 aliphatic carbocycles. The van der Waals surface area contributed by atoms with E-state index < -0.39 is 49.4 Å². The van der Waals surface area contributed by atoms with Gasteiger partial charge in [-0.25, -0.2) is 31.3 Å². The maximum absolute atomic E-state index is 13.2. The summed E-state index contributed by atoms with van der Waals surface area (Å²) in [6.07, 6.45) is -5.00. The molecule has 1 amide bonds. The number of aromatic nitrogens is 2. The number of aromatic amines is 1. The van der Waals surface area contributed by atoms with Crippen molar-refractivity contribution in [2.75, 3.05) is 0 Å². The maximum atomic E-state index is 13.2. The number of carbonyl (C=O) groups is 2. The number of para-hydroxylation sites is 2. The van der Waals surface area contributed by atoms with Crippen molar-refractivity contribution < 1.29 is 44.7 Å². The third-order valence-corrected chi connectivity index (χ3v) is 9.87. The van der Waals surface area contributed by atoms with E-state index in [0.29, 0.717) is 16.9 Å². The van der Waals surface area contributed by atoms with Crippen LogP contribution in [0.1, 0.15) is 34.7 Å². The minimum atomic E-state index is -5.08. The number of amides is 1. The van der Waals surface area contributed by atoms with Crippen molar-refractivity contribution in [2.45, 2.75) is 35.2 Å². The lowest BCUT2D eigenvalue weighted by atomic mass is 10.0. The van der Waals surface area contributed by atoms with Crippen molar-refractivity contribution in [3.63, 3.8) is 0 Å². The number of carboxylic acids is 1. The number of nitrogens with zero attached hydrogens (tertiary/aromatic N) is 1. The van der Waals surface area contributed by atoms with Crippen LogP contribution in [0.5, 0.6) is 0 Å². The summed E-state index contributed by atoms with van der Waals surface area (Å²) in [5.41, 5.74) is 2.66. The summed E-state index contributed by atoms with van der Waals surface area (Å²) < 4.78 is 87.3. The molecule has 1 saturated heterocycles. The van der Waals surface area contributed by atoms with E-state index in [1.165, 1.54) is 12.1 Å². The van der Waals surface area contributed by atoms with Crippen LogP contribution in [0.15, 0.2) is 77.7 Å². The van der Waals surface area contributed by atoms with Crippen molar-refractivity contribution in [1.82, 2.24) is 19.4 Å². The van der Waals surface area contributed by atoms with Gasteiger partial charge < -0.3 is 10.1 Å². The lowest BCUT2D eigenvalue weighted by Crippen LogP contribution is -2.31. The Morgan fingerprint density at radius 1 is 1.07 bits per heavy atom. The monoisotopic (exact) mass is 658 g/mol. The third kappa shape index (κ3) is 7.70. The van der Waals surface area contributed by atoms with E-state index in [4.69, 9.17) is 21.5 Å². The summed E-state index contributed by atoms with van der Waals surface area (Å²) in [5.74, 6) is -2.88. The van der Waals surface area contributed by atoms with Gasteiger partial charge in [-0.05, 0) is 41.8 Å². The lowest BCUT2D eigenvalue weighted by Gasteiger charge is -2.18. The van der Waals surface area contributed by atoms with E-state index in [2.05, 4.69) is 14.7 Å². The highest BCUT2D eigenvalue weighted by Crippen LogP contribution is 2.31. The molecule has 1 fully saturated rings. The second-order valence-electron chi connectivity index (χ2n) is 9.26. The van der Waals surface area contributed by atoms with Gasteiger partial charge in [0.25, 0.3) is 0 Å². The average Bonchev–Trinajstić information content (AvgIpc) is 3.48. The highest BCUT2D eigenvalue weighted by Gasteiger charge is 2.39. The molecule has 43 heavy (non-hydrogen) atoms. The minimum Gasteiger partial charge on any atom is -0.475 e. The van der Waals surface area contributed by atoms with Crippen LogP contribution in [-0.4, -0.2) is 50.0 Å². The van der Waals surface area contributed by atoms with E-state index >= 15 is 0 Å². The van der Waals surface area contributed by atoms with Gasteiger partial charge in [0.2, 0.25) is 26.0 Å². The molecule has 0 bridgehead atoms. The molecule has 0 saturated carbocycles. The number of rotatable bonds is 7. The second kappa shape index (κ2) is 12.3. The van der Waals surface area contributed by atoms with Crippen molar-refractivity contribution in [2.24, 2.45) is 0 Å². The quantitative estimate of drug-likeness (QED) is 0.230. The predicted octanol–water partition coefficient (Wildman–Crippen LogP) is 4.00. The van der Waals surface area contributed by atoms with Gasteiger partial charge in [0.1, 0.15) is 16.0 Å². The van der Waals surface area contributed by atoms with Crippen molar-refractivity contribution in [3.8, 4) is 0 Å². The van der Waals surface area contributed by atoms with Crippen LogP contribution in [0, 0.1) is 0 Å². The van der Waals surface area contributed by atoms with Gasteiger partial charge in [-0.2, -0.15) is 13.2 Å². The Bertz CT molecular complexity index is 1850. The molecule has 1 aromatic heterocycles. The minimum absolute atomic E-state index is 0.0493. The van der Waals surface area contributed by atoms with Crippen LogP contribution in [0.25, 0.3) is 11.0 Å². The molecule has 1 unspecified atom stereocenters. The van der Waals surface area contributed by atoms with Crippen molar-refractivity contribution in [3.05, 3.63) is 94.8 Å². The Morgan fingerprint density at radius 3 is 2.23 bits per heavy atom. The second-order valence-corrected chi connectivity index (χ2v) is 13.2. The number of hydrogen-bond acceptors (Lipinski definition) is 7. The molecule has 3 aromatic carbocycles. The number of hydrogen-bond donors (Lipinski definition) is 4. The number of nitrogens with one attached hydrogen (secondary N) is 3. The molecule has 1 aliphatic heterocycles. The number of imidazole rings is 1. The molecule has 17 heteroatoms. The predicted molar refractivity (Wildman–Crippen MR) is 149 cm³/mol. The standard InChI is InChI=1S/C24H21ClN4O5S2.C2HF3O2/c25-17-5-1-4-8-21(17)35(31,32)28-20(24-26-18-6-2-3-7-19(18)27-24)13-15-9-11-16(12-10-15)22-14-23(30)29-36(22,33)34;3-2(4,5)1(6)7/h1-12,20,22,28H,13-14H2,(H,26,27)(H,29,30);(H,6,7)/t20-,22?;/m0./s1. The highest BCUT2D eigenvalue weighted by molar-refractivity contribution is 7.90. The van der Waals surface area contributed by atoms with Gasteiger partial charge in [-0.3, -0.25) is 9.52 Å². The van der Waals surface area contributed by atoms with Gasteiger partial charge in [0.15, 0.2) is 0 Å². The Labute approximate surface area is 248 Å². The zero-order valence-corrected chi connectivity index (χ0v) is 24.1. The lowest BCUT2D eigenvalue weighted by molar-refractivity contribution is -0.192. The number of carboxylic acid groups (broad SMARTS) is 1. The smallest absolute Gasteiger partial charge is 0.475 e. The summed E-state index contributed by atoms with van der Waals surface area (Å²) in [7, 11) is -7.77. The summed E-state index contributed by atoms with van der Waals surface area (Å²) in [6.45, 7) is 0. The number of aliphatic carboxylic acids is 1. The van der Waals surface area contributed by atoms with Gasteiger partial charge >= 0.3 is 12.1 Å². The molecule has 2 heterocycles. The fourth-order valence-corrected chi connectivity index (χ4v) is 7.34. The number of halogens is 4. The van der Waals surface area contributed by atoms with Crippen LogP contribution in [-0.2, 0) is 36.1 Å². The molecule has 228 valence electrons. The molecular weight excluding hydrogens is 637 g/mol. The first-order chi connectivity index (χ1) is 20.1. The molecule has 0 spiro atoms. The zero-order chi connectivity index (χ0) is 31.6.